The Balaban J connectivity index is 1.79. The molecule has 3 heteroatoms. The van der Waals surface area contributed by atoms with Crippen LogP contribution >= 0.6 is 0 Å². The summed E-state index contributed by atoms with van der Waals surface area (Å²) in [7, 11) is 0. The molecule has 2 atom stereocenters. The highest BCUT2D eigenvalue weighted by atomic mass is 16.5. The lowest BCUT2D eigenvalue weighted by molar-refractivity contribution is -0.0743. The molecule has 0 aromatic carbocycles. The van der Waals surface area contributed by atoms with E-state index in [0.29, 0.717) is 6.04 Å². The topological polar surface area (TPSA) is 47.3 Å². The number of hydrogen-bond donors (Lipinski definition) is 2. The van der Waals surface area contributed by atoms with Crippen LogP contribution in [0.25, 0.3) is 0 Å². The smallest absolute Gasteiger partial charge is 0.0981 e. The van der Waals surface area contributed by atoms with Crippen molar-refractivity contribution in [2.45, 2.75) is 36.5 Å². The van der Waals surface area contributed by atoms with Gasteiger partial charge in [-0.1, -0.05) is 0 Å². The van der Waals surface area contributed by atoms with Crippen molar-refractivity contribution < 1.29 is 4.74 Å². The zero-order valence-corrected chi connectivity index (χ0v) is 6.60. The molecule has 1 aliphatic heterocycles. The van der Waals surface area contributed by atoms with Gasteiger partial charge in [-0.25, -0.2) is 0 Å². The lowest BCUT2D eigenvalue weighted by atomic mass is 10.2. The molecular formula is C8H14N2O. The summed E-state index contributed by atoms with van der Waals surface area (Å²) >= 11 is 0. The third-order valence-corrected chi connectivity index (χ3v) is 3.18. The standard InChI is InChI=1S/C8H14N2O/c9-6-3-8(6)5-10-4-7(11-8)1-2-7/h6,10H,1-5,9H2/t6-,8-/m1/s1. The first-order chi connectivity index (χ1) is 5.25. The summed E-state index contributed by atoms with van der Waals surface area (Å²) in [6.45, 7) is 2.01. The number of rotatable bonds is 0. The van der Waals surface area contributed by atoms with E-state index in [1.54, 1.807) is 0 Å². The predicted octanol–water partition coefficient (Wildman–Crippen LogP) is -0.391. The van der Waals surface area contributed by atoms with Gasteiger partial charge < -0.3 is 15.8 Å². The molecule has 11 heavy (non-hydrogen) atoms. The van der Waals surface area contributed by atoms with Gasteiger partial charge in [-0.3, -0.25) is 0 Å². The molecular weight excluding hydrogens is 140 g/mol. The second kappa shape index (κ2) is 1.63. The monoisotopic (exact) mass is 154 g/mol. The molecule has 2 saturated carbocycles. The van der Waals surface area contributed by atoms with Gasteiger partial charge in [0, 0.05) is 19.1 Å². The summed E-state index contributed by atoms with van der Waals surface area (Å²) in [5.74, 6) is 0. The van der Waals surface area contributed by atoms with Gasteiger partial charge in [-0.15, -0.1) is 0 Å². The van der Waals surface area contributed by atoms with E-state index in [1.165, 1.54) is 12.8 Å². The average molecular weight is 154 g/mol. The van der Waals surface area contributed by atoms with Crippen LogP contribution in [0.15, 0.2) is 0 Å². The number of hydrogen-bond acceptors (Lipinski definition) is 3. The Kier molecular flexibility index (Phi) is 0.947. The van der Waals surface area contributed by atoms with Crippen molar-refractivity contribution in [1.82, 2.24) is 5.32 Å². The van der Waals surface area contributed by atoms with E-state index >= 15 is 0 Å². The molecule has 62 valence electrons. The van der Waals surface area contributed by atoms with Crippen molar-refractivity contribution in [2.24, 2.45) is 5.73 Å². The molecule has 2 spiro atoms. The lowest BCUT2D eigenvalue weighted by Crippen LogP contribution is -2.50. The molecule has 2 aliphatic carbocycles. The van der Waals surface area contributed by atoms with Gasteiger partial charge in [0.1, 0.15) is 0 Å². The number of ether oxygens (including phenoxy) is 1. The Morgan fingerprint density at radius 3 is 2.64 bits per heavy atom. The van der Waals surface area contributed by atoms with Crippen LogP contribution in [0.2, 0.25) is 0 Å². The molecule has 1 heterocycles. The highest BCUT2D eigenvalue weighted by molar-refractivity contribution is 5.17. The fraction of sp³-hybridized carbons (Fsp3) is 1.00. The van der Waals surface area contributed by atoms with Crippen LogP contribution in [0.1, 0.15) is 19.3 Å². The first-order valence-corrected chi connectivity index (χ1v) is 4.41. The first-order valence-electron chi connectivity index (χ1n) is 4.41. The van der Waals surface area contributed by atoms with E-state index < -0.39 is 0 Å². The number of nitrogens with two attached hydrogens (primary N) is 1. The number of morpholine rings is 1. The van der Waals surface area contributed by atoms with Gasteiger partial charge in [-0.05, 0) is 19.3 Å². The lowest BCUT2D eigenvalue weighted by Gasteiger charge is -2.31. The van der Waals surface area contributed by atoms with Crippen molar-refractivity contribution in [3.8, 4) is 0 Å². The van der Waals surface area contributed by atoms with Crippen LogP contribution in [0.4, 0.5) is 0 Å². The van der Waals surface area contributed by atoms with Crippen LogP contribution in [0.5, 0.6) is 0 Å². The largest absolute Gasteiger partial charge is 0.364 e. The molecule has 3 rings (SSSR count). The highest BCUT2D eigenvalue weighted by Crippen LogP contribution is 2.51. The Bertz CT molecular complexity index is 202. The van der Waals surface area contributed by atoms with Crippen LogP contribution in [0.3, 0.4) is 0 Å². The molecule has 3 fully saturated rings. The second-order valence-electron chi connectivity index (χ2n) is 4.26. The molecule has 0 aromatic heterocycles. The van der Waals surface area contributed by atoms with Crippen LogP contribution in [-0.2, 0) is 4.74 Å². The minimum Gasteiger partial charge on any atom is -0.364 e. The fourth-order valence-corrected chi connectivity index (χ4v) is 2.06. The Labute approximate surface area is 66.3 Å². The van der Waals surface area contributed by atoms with E-state index in [0.717, 1.165) is 19.5 Å². The van der Waals surface area contributed by atoms with Gasteiger partial charge in [0.25, 0.3) is 0 Å². The van der Waals surface area contributed by atoms with E-state index in [-0.39, 0.29) is 11.2 Å². The van der Waals surface area contributed by atoms with E-state index in [2.05, 4.69) is 5.32 Å². The fourth-order valence-electron chi connectivity index (χ4n) is 2.06. The molecule has 1 saturated heterocycles. The third-order valence-electron chi connectivity index (χ3n) is 3.18. The van der Waals surface area contributed by atoms with Gasteiger partial charge >= 0.3 is 0 Å². The molecule has 0 unspecified atom stereocenters. The van der Waals surface area contributed by atoms with Crippen LogP contribution < -0.4 is 11.1 Å². The molecule has 0 bridgehead atoms. The molecule has 0 radical (unpaired) electrons. The predicted molar refractivity (Wildman–Crippen MR) is 41.2 cm³/mol. The second-order valence-corrected chi connectivity index (χ2v) is 4.26. The summed E-state index contributed by atoms with van der Waals surface area (Å²) in [6.07, 6.45) is 3.52. The van der Waals surface area contributed by atoms with E-state index in [9.17, 15) is 0 Å². The van der Waals surface area contributed by atoms with E-state index in [1.807, 2.05) is 0 Å². The molecule has 3 N–H and O–H groups in total. The van der Waals surface area contributed by atoms with Gasteiger partial charge in [0.2, 0.25) is 0 Å². The Morgan fingerprint density at radius 1 is 1.36 bits per heavy atom. The molecule has 3 aliphatic rings. The maximum absolute atomic E-state index is 6.01. The summed E-state index contributed by atoms with van der Waals surface area (Å²) < 4.78 is 6.01. The first kappa shape index (κ1) is 6.40. The van der Waals surface area contributed by atoms with Crippen molar-refractivity contribution in [2.75, 3.05) is 13.1 Å². The summed E-state index contributed by atoms with van der Waals surface area (Å²) in [4.78, 5) is 0. The zero-order chi connectivity index (χ0) is 7.53. The minimum absolute atomic E-state index is 0.0503. The van der Waals surface area contributed by atoms with Crippen molar-refractivity contribution in [1.29, 1.82) is 0 Å². The number of nitrogens with one attached hydrogen (secondary N) is 1. The molecule has 0 amide bonds. The maximum atomic E-state index is 6.01. The van der Waals surface area contributed by atoms with Gasteiger partial charge in [0.05, 0.1) is 11.2 Å². The quantitative estimate of drug-likeness (QED) is 0.499. The summed E-state index contributed by atoms with van der Waals surface area (Å²) in [6, 6.07) is 0.299. The van der Waals surface area contributed by atoms with E-state index in [4.69, 9.17) is 10.5 Å². The van der Waals surface area contributed by atoms with Crippen molar-refractivity contribution in [3.63, 3.8) is 0 Å². The summed E-state index contributed by atoms with van der Waals surface area (Å²) in [5.41, 5.74) is 6.08. The van der Waals surface area contributed by atoms with Crippen LogP contribution in [-0.4, -0.2) is 30.3 Å². The maximum Gasteiger partial charge on any atom is 0.0981 e. The Morgan fingerprint density at radius 2 is 2.09 bits per heavy atom. The zero-order valence-electron chi connectivity index (χ0n) is 6.60. The third kappa shape index (κ3) is 0.789. The minimum atomic E-state index is 0.0503. The van der Waals surface area contributed by atoms with Crippen molar-refractivity contribution in [3.05, 3.63) is 0 Å². The molecule has 3 nitrogen and oxygen atoms in total. The Hall–Kier alpha value is -0.120. The van der Waals surface area contributed by atoms with Crippen molar-refractivity contribution >= 4 is 0 Å². The van der Waals surface area contributed by atoms with Gasteiger partial charge in [0.15, 0.2) is 0 Å². The average Bonchev–Trinajstić information content (AvgIpc) is 2.81. The molecule has 0 aromatic rings. The normalized spacial score (nSPS) is 51.5. The summed E-state index contributed by atoms with van der Waals surface area (Å²) in [5, 5.41) is 3.42. The SMILES string of the molecule is N[C@@H]1C[C@@]12CNCC1(CC1)O2. The van der Waals surface area contributed by atoms with Gasteiger partial charge in [-0.2, -0.15) is 0 Å². The van der Waals surface area contributed by atoms with Crippen LogP contribution in [0, 0.1) is 0 Å². The highest BCUT2D eigenvalue weighted by Gasteiger charge is 2.62.